The van der Waals surface area contributed by atoms with Gasteiger partial charge in [-0.15, -0.1) is 13.2 Å². The first-order chi connectivity index (χ1) is 28.5. The van der Waals surface area contributed by atoms with Crippen LogP contribution in [0.3, 0.4) is 0 Å². The molecule has 1 N–H and O–H groups in total. The Balaban J connectivity index is 1.50. The molecule has 0 saturated carbocycles. The molecule has 0 bridgehead atoms. The van der Waals surface area contributed by atoms with Gasteiger partial charge < -0.3 is 33.9 Å². The number of aliphatic hydroxyl groups excluding tert-OH is 1. The Morgan fingerprint density at radius 3 is 2.23 bits per heavy atom. The molecule has 15 nitrogen and oxygen atoms in total. The van der Waals surface area contributed by atoms with Crippen molar-refractivity contribution in [2.75, 3.05) is 71.9 Å². The topological polar surface area (TPSA) is 159 Å². The molecule has 3 aliphatic rings. The summed E-state index contributed by atoms with van der Waals surface area (Å²) in [7, 11) is 0.210. The lowest BCUT2D eigenvalue weighted by Crippen LogP contribution is -2.59. The Morgan fingerprint density at radius 2 is 1.62 bits per heavy atom. The summed E-state index contributed by atoms with van der Waals surface area (Å²) in [5, 5.41) is 11.3. The van der Waals surface area contributed by atoms with Gasteiger partial charge >= 0.3 is 12.5 Å². The van der Waals surface area contributed by atoms with Crippen molar-refractivity contribution >= 4 is 45.2 Å². The van der Waals surface area contributed by atoms with E-state index in [1.165, 1.54) is 56.3 Å². The lowest BCUT2D eigenvalue weighted by molar-refractivity contribution is -0.275. The summed E-state index contributed by atoms with van der Waals surface area (Å²) in [5.41, 5.74) is -2.44. The summed E-state index contributed by atoms with van der Waals surface area (Å²) in [6.07, 6.45) is -6.65. The number of likely N-dealkylation sites (N-methyl/N-ethyl adjacent to an activating group) is 1. The number of alkyl halides is 3. The summed E-state index contributed by atoms with van der Waals surface area (Å²) in [4.78, 5) is 47.9. The number of methoxy groups -OCH3 is 2. The van der Waals surface area contributed by atoms with Crippen molar-refractivity contribution in [2.24, 2.45) is 0 Å². The van der Waals surface area contributed by atoms with E-state index in [2.05, 4.69) is 9.64 Å². The number of amides is 3. The fourth-order valence-corrected chi connectivity index (χ4v) is 9.82. The summed E-state index contributed by atoms with van der Waals surface area (Å²) in [6.45, 7) is 7.57. The number of rotatable bonds is 11. The minimum absolute atomic E-state index is 0.0280. The molecule has 3 heterocycles. The van der Waals surface area contributed by atoms with Gasteiger partial charge in [-0.3, -0.25) is 19.4 Å². The van der Waals surface area contributed by atoms with Gasteiger partial charge in [0.15, 0.2) is 11.3 Å². The van der Waals surface area contributed by atoms with E-state index in [-0.39, 0.29) is 46.3 Å². The minimum Gasteiger partial charge on any atom is -0.497 e. The second-order valence-corrected chi connectivity index (χ2v) is 18.4. The van der Waals surface area contributed by atoms with Crippen LogP contribution in [-0.2, 0) is 36.3 Å². The van der Waals surface area contributed by atoms with Crippen molar-refractivity contribution in [3.63, 3.8) is 0 Å². The van der Waals surface area contributed by atoms with Crippen LogP contribution in [0.1, 0.15) is 43.9 Å². The number of hydrogen-bond donors (Lipinski definition) is 1. The average Bonchev–Trinajstić information content (AvgIpc) is 3.69. The highest BCUT2D eigenvalue weighted by molar-refractivity contribution is 7.93. The Labute approximate surface area is 357 Å². The number of ether oxygens (including phenoxy) is 4. The molecule has 3 unspecified atom stereocenters. The quantitative estimate of drug-likeness (QED) is 0.280. The van der Waals surface area contributed by atoms with E-state index in [9.17, 15) is 36.3 Å². The van der Waals surface area contributed by atoms with Crippen LogP contribution in [0.15, 0.2) is 59.5 Å². The van der Waals surface area contributed by atoms with Crippen LogP contribution in [0.5, 0.6) is 17.2 Å². The van der Waals surface area contributed by atoms with Gasteiger partial charge in [0.25, 0.3) is 15.9 Å². The van der Waals surface area contributed by atoms with Crippen LogP contribution in [0.2, 0.25) is 5.02 Å². The molecule has 2 saturated heterocycles. The first-order valence-corrected chi connectivity index (χ1v) is 21.2. The van der Waals surface area contributed by atoms with Gasteiger partial charge in [0.1, 0.15) is 22.0 Å². The third-order valence-electron chi connectivity index (χ3n) is 10.8. The molecule has 0 aromatic heterocycles. The molecule has 20 heteroatoms. The second kappa shape index (κ2) is 17.2. The number of anilines is 1. The molecule has 3 aromatic carbocycles. The Morgan fingerprint density at radius 1 is 0.934 bits per heavy atom. The Hall–Kier alpha value is -4.82. The average molecular weight is 896 g/mol. The van der Waals surface area contributed by atoms with Crippen LogP contribution in [-0.4, -0.2) is 143 Å². The molecule has 2 fully saturated rings. The van der Waals surface area contributed by atoms with Gasteiger partial charge in [-0.05, 0) is 81.6 Å². The first kappa shape index (κ1) is 45.7. The summed E-state index contributed by atoms with van der Waals surface area (Å²) >= 11 is 6.63. The highest BCUT2D eigenvalue weighted by atomic mass is 35.5. The monoisotopic (exact) mass is 895 g/mol. The zero-order valence-electron chi connectivity index (χ0n) is 34.8. The number of nitrogens with zero attached hydrogens (tertiary/aromatic N) is 5. The first-order valence-electron chi connectivity index (χ1n) is 19.4. The number of halogens is 4. The van der Waals surface area contributed by atoms with E-state index in [0.29, 0.717) is 49.0 Å². The van der Waals surface area contributed by atoms with Crippen molar-refractivity contribution in [1.82, 2.24) is 19.6 Å². The molecule has 0 radical (unpaired) electrons. The molecule has 3 amide bonds. The maximum atomic E-state index is 15.8. The van der Waals surface area contributed by atoms with Crippen LogP contribution in [0.4, 0.5) is 23.7 Å². The van der Waals surface area contributed by atoms with Gasteiger partial charge in [0, 0.05) is 75.6 Å². The van der Waals surface area contributed by atoms with Gasteiger partial charge in [-0.2, -0.15) is 0 Å². The number of fused-ring (bicyclic) bond motifs is 1. The van der Waals surface area contributed by atoms with Gasteiger partial charge in [0.05, 0.1) is 32.1 Å². The van der Waals surface area contributed by atoms with E-state index in [1.54, 1.807) is 43.9 Å². The molecule has 61 heavy (non-hydrogen) atoms. The fraction of sp³-hybridized carbons (Fsp3) is 0.488. The minimum atomic E-state index is -5.34. The predicted octanol–water partition coefficient (Wildman–Crippen LogP) is 4.85. The largest absolute Gasteiger partial charge is 0.573 e. The highest BCUT2D eigenvalue weighted by Gasteiger charge is 2.64. The number of aliphatic hydroxyl groups is 1. The Kier molecular flexibility index (Phi) is 12.8. The lowest BCUT2D eigenvalue weighted by Gasteiger charge is -2.42. The van der Waals surface area contributed by atoms with Crippen LogP contribution >= 0.6 is 11.6 Å². The maximum absolute atomic E-state index is 15.8. The van der Waals surface area contributed by atoms with Crippen LogP contribution < -0.4 is 18.5 Å². The number of carbonyl (C=O) groups excluding carboxylic acids is 3. The summed E-state index contributed by atoms with van der Waals surface area (Å²) in [6, 6.07) is 10.5. The normalized spacial score (nSPS) is 21.3. The smallest absolute Gasteiger partial charge is 0.497 e. The Bertz CT molecular complexity index is 2280. The molecule has 0 spiro atoms. The third-order valence-corrected chi connectivity index (χ3v) is 12.8. The summed E-state index contributed by atoms with van der Waals surface area (Å²) in [5.74, 6) is -2.91. The third kappa shape index (κ3) is 9.07. The molecular formula is C41H49ClF3N5O10S. The van der Waals surface area contributed by atoms with Crippen molar-refractivity contribution in [2.45, 2.75) is 68.2 Å². The van der Waals surface area contributed by atoms with Crippen LogP contribution in [0.25, 0.3) is 0 Å². The van der Waals surface area contributed by atoms with E-state index < -0.39 is 68.2 Å². The molecule has 3 aromatic rings. The molecule has 332 valence electrons. The standard InChI is InChI=1S/C41H49ClF3N5O10S/c1-39(2,3)60-38(54)48-18-16-47(17-19-48)15-14-25-8-12-33(58-7)30(20-25)40(49-24-27(51)22-32(49)36(52)46(4)5)29-21-26(42)9-11-31(29)50(37(40)53)61(55,56)35-13-10-28(57-6)23-34(35)59-41(43,44)45/h8-13,20-21,23,27,32,51H,14-19,22,24H2,1-7H3. The number of sulfonamides is 1. The molecule has 3 atom stereocenters. The van der Waals surface area contributed by atoms with Crippen molar-refractivity contribution in [3.05, 3.63) is 76.3 Å². The number of carbonyl (C=O) groups is 3. The van der Waals surface area contributed by atoms with Crippen molar-refractivity contribution < 1.29 is 60.0 Å². The molecule has 3 aliphatic heterocycles. The number of hydrogen-bond acceptors (Lipinski definition) is 12. The number of likely N-dealkylation sites (tertiary alicyclic amines) is 1. The predicted molar refractivity (Wildman–Crippen MR) is 217 cm³/mol. The molecule has 6 rings (SSSR count). The van der Waals surface area contributed by atoms with Gasteiger partial charge in [-0.25, -0.2) is 17.5 Å². The van der Waals surface area contributed by atoms with E-state index in [0.717, 1.165) is 18.2 Å². The zero-order valence-corrected chi connectivity index (χ0v) is 36.4. The fourth-order valence-electron chi connectivity index (χ4n) is 8.09. The summed E-state index contributed by atoms with van der Waals surface area (Å²) < 4.78 is 92.3. The van der Waals surface area contributed by atoms with Crippen LogP contribution in [0, 0.1) is 0 Å². The second-order valence-electron chi connectivity index (χ2n) is 16.2. The van der Waals surface area contributed by atoms with E-state index >= 15 is 4.79 Å². The SMILES string of the molecule is COc1ccc(S(=O)(=O)N2C(=O)C(c3cc(CCN4CCN(C(=O)OC(C)(C)C)CC4)ccc3OC)(N3CC(O)CC3C(=O)N(C)C)c3cc(Cl)ccc32)c(OC(F)(F)F)c1. The van der Waals surface area contributed by atoms with E-state index in [4.69, 9.17) is 25.8 Å². The van der Waals surface area contributed by atoms with Crippen molar-refractivity contribution in [1.29, 1.82) is 0 Å². The van der Waals surface area contributed by atoms with Gasteiger partial charge in [-0.1, -0.05) is 17.7 Å². The molecule has 0 aliphatic carbocycles. The number of β-amino-alcohol motifs (C(OH)–C–C–N with tert-alkyl or cyclic N) is 1. The zero-order chi connectivity index (χ0) is 44.8. The van der Waals surface area contributed by atoms with E-state index in [1.807, 2.05) is 0 Å². The highest BCUT2D eigenvalue weighted by Crippen LogP contribution is 2.55. The van der Waals surface area contributed by atoms with Gasteiger partial charge in [0.2, 0.25) is 5.91 Å². The number of piperazine rings is 1. The maximum Gasteiger partial charge on any atom is 0.573 e. The molecular weight excluding hydrogens is 847 g/mol. The van der Waals surface area contributed by atoms with Crippen molar-refractivity contribution in [3.8, 4) is 17.2 Å². The number of benzene rings is 3. The lowest BCUT2D eigenvalue weighted by atomic mass is 9.80.